The Kier molecular flexibility index (Phi) is 4.69. The van der Waals surface area contributed by atoms with Gasteiger partial charge in [0, 0.05) is 12.2 Å². The highest BCUT2D eigenvalue weighted by Crippen LogP contribution is 2.20. The van der Waals surface area contributed by atoms with Gasteiger partial charge in [-0.2, -0.15) is 0 Å². The highest BCUT2D eigenvalue weighted by Gasteiger charge is 2.10. The molecule has 2 N–H and O–H groups in total. The number of sulfonamides is 1. The Hall–Kier alpha value is -0.660. The first-order valence-corrected chi connectivity index (χ1v) is 6.99. The minimum Gasteiger partial charge on any atom is -0.319 e. The standard InChI is InChI=1S/C9H12BrFN2O2S/c1-12-4-5-16(14,15)13-7-2-3-9(11)8(10)6-7/h2-3,6,12-13H,4-5H2,1H3. The summed E-state index contributed by atoms with van der Waals surface area (Å²) in [6.07, 6.45) is 0. The predicted octanol–water partition coefficient (Wildman–Crippen LogP) is 1.55. The second-order valence-corrected chi connectivity index (χ2v) is 5.85. The molecule has 1 aromatic carbocycles. The lowest BCUT2D eigenvalue weighted by Gasteiger charge is -2.08. The molecule has 1 rings (SSSR count). The van der Waals surface area contributed by atoms with E-state index in [1.165, 1.54) is 18.2 Å². The summed E-state index contributed by atoms with van der Waals surface area (Å²) in [5.41, 5.74) is 0.337. The first-order valence-electron chi connectivity index (χ1n) is 4.55. The van der Waals surface area contributed by atoms with Crippen molar-refractivity contribution < 1.29 is 12.8 Å². The van der Waals surface area contributed by atoms with E-state index in [1.54, 1.807) is 7.05 Å². The number of halogens is 2. The molecule has 0 unspecified atom stereocenters. The highest BCUT2D eigenvalue weighted by molar-refractivity contribution is 9.10. The monoisotopic (exact) mass is 310 g/mol. The molecule has 4 nitrogen and oxygen atoms in total. The molecule has 0 aromatic heterocycles. The molecule has 0 bridgehead atoms. The lowest BCUT2D eigenvalue weighted by Crippen LogP contribution is -2.24. The largest absolute Gasteiger partial charge is 0.319 e. The highest BCUT2D eigenvalue weighted by atomic mass is 79.9. The molecule has 0 atom stereocenters. The second-order valence-electron chi connectivity index (χ2n) is 3.15. The Morgan fingerprint density at radius 2 is 2.12 bits per heavy atom. The van der Waals surface area contributed by atoms with E-state index in [4.69, 9.17) is 0 Å². The molecule has 7 heteroatoms. The zero-order valence-corrected chi connectivity index (χ0v) is 11.0. The summed E-state index contributed by atoms with van der Waals surface area (Å²) in [7, 11) is -1.71. The van der Waals surface area contributed by atoms with E-state index in [0.29, 0.717) is 12.2 Å². The van der Waals surface area contributed by atoms with E-state index in [1.807, 2.05) is 0 Å². The first-order chi connectivity index (χ1) is 7.44. The van der Waals surface area contributed by atoms with Crippen LogP contribution < -0.4 is 10.0 Å². The number of rotatable bonds is 5. The van der Waals surface area contributed by atoms with Gasteiger partial charge in [0.2, 0.25) is 10.0 Å². The van der Waals surface area contributed by atoms with Gasteiger partial charge in [-0.25, -0.2) is 12.8 Å². The van der Waals surface area contributed by atoms with Crippen LogP contribution in [0.5, 0.6) is 0 Å². The van der Waals surface area contributed by atoms with Crippen LogP contribution in [0.15, 0.2) is 22.7 Å². The summed E-state index contributed by atoms with van der Waals surface area (Å²) >= 11 is 2.98. The van der Waals surface area contributed by atoms with Crippen molar-refractivity contribution in [3.63, 3.8) is 0 Å². The van der Waals surface area contributed by atoms with Crippen LogP contribution in [-0.4, -0.2) is 27.8 Å². The van der Waals surface area contributed by atoms with E-state index in [0.717, 1.165) is 0 Å². The third-order valence-corrected chi connectivity index (χ3v) is 3.71. The van der Waals surface area contributed by atoms with Crippen LogP contribution >= 0.6 is 15.9 Å². The molecule has 0 aliphatic heterocycles. The van der Waals surface area contributed by atoms with Gasteiger partial charge in [-0.15, -0.1) is 0 Å². The normalized spacial score (nSPS) is 11.4. The van der Waals surface area contributed by atoms with Gasteiger partial charge in [0.25, 0.3) is 0 Å². The second kappa shape index (κ2) is 5.60. The van der Waals surface area contributed by atoms with Crippen LogP contribution in [0, 0.1) is 5.82 Å². The molecule has 0 aliphatic carbocycles. The fourth-order valence-electron chi connectivity index (χ4n) is 1.03. The first kappa shape index (κ1) is 13.4. The molecule has 90 valence electrons. The summed E-state index contributed by atoms with van der Waals surface area (Å²) < 4.78 is 38.5. The van der Waals surface area contributed by atoms with Crippen molar-refractivity contribution in [2.45, 2.75) is 0 Å². The Labute approximate surface area is 102 Å². The Bertz CT molecular complexity index is 465. The average Bonchev–Trinajstić information content (AvgIpc) is 2.20. The summed E-state index contributed by atoms with van der Waals surface area (Å²) in [6, 6.07) is 3.95. The molecule has 0 amide bonds. The molecular formula is C9H12BrFN2O2S. The van der Waals surface area contributed by atoms with Crippen LogP contribution in [0.4, 0.5) is 10.1 Å². The zero-order valence-electron chi connectivity index (χ0n) is 8.63. The number of hydrogen-bond donors (Lipinski definition) is 2. The minimum atomic E-state index is -3.38. The van der Waals surface area contributed by atoms with Gasteiger partial charge in [-0.1, -0.05) is 0 Å². The maximum Gasteiger partial charge on any atom is 0.233 e. The minimum absolute atomic E-state index is 0.0293. The van der Waals surface area contributed by atoms with E-state index < -0.39 is 15.8 Å². The quantitative estimate of drug-likeness (QED) is 0.867. The molecule has 0 fully saturated rings. The molecule has 0 radical (unpaired) electrons. The molecule has 0 heterocycles. The molecular weight excluding hydrogens is 299 g/mol. The summed E-state index contributed by atoms with van der Waals surface area (Å²) in [4.78, 5) is 0. The Morgan fingerprint density at radius 1 is 1.44 bits per heavy atom. The third-order valence-electron chi connectivity index (χ3n) is 1.81. The molecule has 0 aliphatic rings. The maximum absolute atomic E-state index is 12.9. The van der Waals surface area contributed by atoms with Crippen molar-refractivity contribution in [3.05, 3.63) is 28.5 Å². The number of hydrogen-bond acceptors (Lipinski definition) is 3. The van der Waals surface area contributed by atoms with Gasteiger partial charge in [0.15, 0.2) is 0 Å². The fraction of sp³-hybridized carbons (Fsp3) is 0.333. The molecule has 16 heavy (non-hydrogen) atoms. The number of anilines is 1. The van der Waals surface area contributed by atoms with Crippen molar-refractivity contribution in [1.82, 2.24) is 5.32 Å². The molecule has 1 aromatic rings. The SMILES string of the molecule is CNCCS(=O)(=O)Nc1ccc(F)c(Br)c1. The Balaban J connectivity index is 2.76. The average molecular weight is 311 g/mol. The zero-order chi connectivity index (χ0) is 12.2. The summed E-state index contributed by atoms with van der Waals surface area (Å²) in [5, 5.41) is 2.74. The van der Waals surface area contributed by atoms with Gasteiger partial charge < -0.3 is 5.32 Å². The van der Waals surface area contributed by atoms with E-state index in [2.05, 4.69) is 26.0 Å². The van der Waals surface area contributed by atoms with E-state index in [-0.39, 0.29) is 10.2 Å². The van der Waals surface area contributed by atoms with Gasteiger partial charge >= 0.3 is 0 Å². The maximum atomic E-state index is 12.9. The van der Waals surface area contributed by atoms with Gasteiger partial charge in [-0.05, 0) is 41.2 Å². The molecule has 0 saturated carbocycles. The van der Waals surface area contributed by atoms with Crippen molar-refractivity contribution in [1.29, 1.82) is 0 Å². The van der Waals surface area contributed by atoms with Crippen LogP contribution in [0.2, 0.25) is 0 Å². The van der Waals surface area contributed by atoms with E-state index >= 15 is 0 Å². The lowest BCUT2D eigenvalue weighted by atomic mass is 10.3. The van der Waals surface area contributed by atoms with Gasteiger partial charge in [0.1, 0.15) is 5.82 Å². The lowest BCUT2D eigenvalue weighted by molar-refractivity contribution is 0.598. The fourth-order valence-corrected chi connectivity index (χ4v) is 2.47. The van der Waals surface area contributed by atoms with Crippen LogP contribution in [0.3, 0.4) is 0 Å². The van der Waals surface area contributed by atoms with Crippen LogP contribution in [0.1, 0.15) is 0 Å². The van der Waals surface area contributed by atoms with Crippen molar-refractivity contribution >= 4 is 31.6 Å². The van der Waals surface area contributed by atoms with Crippen molar-refractivity contribution in [2.75, 3.05) is 24.1 Å². The molecule has 0 saturated heterocycles. The van der Waals surface area contributed by atoms with Crippen molar-refractivity contribution in [2.24, 2.45) is 0 Å². The third kappa shape index (κ3) is 4.07. The van der Waals surface area contributed by atoms with Crippen LogP contribution in [-0.2, 0) is 10.0 Å². The van der Waals surface area contributed by atoms with Gasteiger partial charge in [0.05, 0.1) is 10.2 Å². The Morgan fingerprint density at radius 3 is 2.69 bits per heavy atom. The smallest absolute Gasteiger partial charge is 0.233 e. The summed E-state index contributed by atoms with van der Waals surface area (Å²) in [5.74, 6) is -0.462. The summed E-state index contributed by atoms with van der Waals surface area (Å²) in [6.45, 7) is 0.359. The van der Waals surface area contributed by atoms with E-state index in [9.17, 15) is 12.8 Å². The van der Waals surface area contributed by atoms with Crippen LogP contribution in [0.25, 0.3) is 0 Å². The van der Waals surface area contributed by atoms with Crippen molar-refractivity contribution in [3.8, 4) is 0 Å². The molecule has 0 spiro atoms. The number of nitrogens with one attached hydrogen (secondary N) is 2. The number of benzene rings is 1. The van der Waals surface area contributed by atoms with Gasteiger partial charge in [-0.3, -0.25) is 4.72 Å². The predicted molar refractivity (Wildman–Crippen MR) is 65.4 cm³/mol. The topological polar surface area (TPSA) is 58.2 Å².